The number of ether oxygens (including phenoxy) is 2. The molecule has 1 aromatic carbocycles. The summed E-state index contributed by atoms with van der Waals surface area (Å²) in [6, 6.07) is 12.5. The Morgan fingerprint density at radius 2 is 1.70 bits per heavy atom. The molecule has 0 spiro atoms. The van der Waals surface area contributed by atoms with E-state index >= 15 is 0 Å². The Bertz CT molecular complexity index is 1240. The molecule has 0 aliphatic carbocycles. The molecule has 8 heteroatoms. The van der Waals surface area contributed by atoms with Crippen molar-refractivity contribution in [1.82, 2.24) is 19.1 Å². The van der Waals surface area contributed by atoms with Crippen molar-refractivity contribution in [3.05, 3.63) is 93.0 Å². The maximum absolute atomic E-state index is 13.0. The fourth-order valence-electron chi connectivity index (χ4n) is 3.31. The number of hydrogen-bond donors (Lipinski definition) is 0. The van der Waals surface area contributed by atoms with Gasteiger partial charge in [0.2, 0.25) is 0 Å². The molecule has 0 atom stereocenters. The summed E-state index contributed by atoms with van der Waals surface area (Å²) < 4.78 is 13.5. The van der Waals surface area contributed by atoms with Gasteiger partial charge in [-0.15, -0.1) is 0 Å². The molecule has 2 aromatic rings. The molecular weight excluding hydrogens is 384 g/mol. The van der Waals surface area contributed by atoms with E-state index in [1.165, 1.54) is 0 Å². The van der Waals surface area contributed by atoms with Crippen LogP contribution < -0.4 is 20.7 Å². The van der Waals surface area contributed by atoms with E-state index in [0.717, 1.165) is 15.7 Å². The van der Waals surface area contributed by atoms with E-state index < -0.39 is 5.69 Å². The van der Waals surface area contributed by atoms with E-state index in [-0.39, 0.29) is 12.1 Å². The number of benzene rings is 1. The van der Waals surface area contributed by atoms with Gasteiger partial charge < -0.3 is 14.0 Å². The predicted octanol–water partition coefficient (Wildman–Crippen LogP) is 2.02. The van der Waals surface area contributed by atoms with Crippen LogP contribution in [0.15, 0.2) is 70.6 Å². The third-order valence-electron chi connectivity index (χ3n) is 4.78. The molecule has 2 aliphatic rings. The highest BCUT2D eigenvalue weighted by molar-refractivity contribution is 5.55. The van der Waals surface area contributed by atoms with E-state index in [1.807, 2.05) is 18.2 Å². The first-order valence-electron chi connectivity index (χ1n) is 9.30. The molecule has 0 fully saturated rings. The Morgan fingerprint density at radius 3 is 2.37 bits per heavy atom. The van der Waals surface area contributed by atoms with Gasteiger partial charge in [-0.25, -0.2) is 4.79 Å². The maximum Gasteiger partial charge on any atom is 0.352 e. The second-order valence-corrected chi connectivity index (χ2v) is 6.74. The largest absolute Gasteiger partial charge is 0.497 e. The highest BCUT2D eigenvalue weighted by Gasteiger charge is 2.17. The summed E-state index contributed by atoms with van der Waals surface area (Å²) in [6.07, 6.45) is 5.04. The van der Waals surface area contributed by atoms with Gasteiger partial charge in [0.25, 0.3) is 5.56 Å². The van der Waals surface area contributed by atoms with Crippen LogP contribution in [0, 0.1) is 0 Å². The molecule has 3 heterocycles. The van der Waals surface area contributed by atoms with Crippen LogP contribution in [0.25, 0.3) is 11.4 Å². The summed E-state index contributed by atoms with van der Waals surface area (Å²) in [5.41, 5.74) is 1.03. The minimum absolute atomic E-state index is 0.121. The Kier molecular flexibility index (Phi) is 5.30. The number of aromatic nitrogens is 4. The molecule has 0 saturated heterocycles. The molecule has 4 rings (SSSR count). The lowest BCUT2D eigenvalue weighted by atomic mass is 10.1. The zero-order valence-electron chi connectivity index (χ0n) is 16.6. The molecule has 30 heavy (non-hydrogen) atoms. The average Bonchev–Trinajstić information content (AvgIpc) is 2.77. The lowest BCUT2D eigenvalue weighted by Gasteiger charge is -2.16. The smallest absolute Gasteiger partial charge is 0.352 e. The van der Waals surface area contributed by atoms with Crippen molar-refractivity contribution in [2.45, 2.75) is 13.1 Å². The van der Waals surface area contributed by atoms with Crippen LogP contribution in [0.5, 0.6) is 11.5 Å². The number of rotatable bonds is 6. The van der Waals surface area contributed by atoms with E-state index in [4.69, 9.17) is 9.47 Å². The number of nitrogens with zero attached hydrogens (tertiary/aromatic N) is 4. The van der Waals surface area contributed by atoms with Crippen LogP contribution in [-0.2, 0) is 13.1 Å². The second-order valence-electron chi connectivity index (χ2n) is 6.74. The van der Waals surface area contributed by atoms with Crippen molar-refractivity contribution in [3.8, 4) is 22.9 Å². The van der Waals surface area contributed by atoms with Gasteiger partial charge in [-0.3, -0.25) is 14.3 Å². The Balaban J connectivity index is 1.76. The minimum atomic E-state index is -0.598. The first-order valence-corrected chi connectivity index (χ1v) is 9.30. The molecule has 0 radical (unpaired) electrons. The van der Waals surface area contributed by atoms with Crippen molar-refractivity contribution in [3.63, 3.8) is 0 Å². The van der Waals surface area contributed by atoms with Gasteiger partial charge in [-0.1, -0.05) is 6.07 Å². The van der Waals surface area contributed by atoms with E-state index in [0.29, 0.717) is 29.4 Å². The van der Waals surface area contributed by atoms with Gasteiger partial charge >= 0.3 is 5.69 Å². The zero-order chi connectivity index (χ0) is 21.1. The summed E-state index contributed by atoms with van der Waals surface area (Å²) in [6.45, 7) is 0.514. The quantitative estimate of drug-likeness (QED) is 0.489. The molecule has 0 saturated carbocycles. The zero-order valence-corrected chi connectivity index (χ0v) is 16.6. The molecular formula is C22H20N4O4. The molecule has 2 aliphatic heterocycles. The highest BCUT2D eigenvalue weighted by Crippen LogP contribution is 2.24. The third-order valence-corrected chi connectivity index (χ3v) is 4.78. The van der Waals surface area contributed by atoms with E-state index in [2.05, 4.69) is 9.97 Å². The number of methoxy groups -OCH3 is 2. The lowest BCUT2D eigenvalue weighted by Crippen LogP contribution is -2.38. The van der Waals surface area contributed by atoms with Crippen LogP contribution in [0.3, 0.4) is 0 Å². The van der Waals surface area contributed by atoms with Crippen LogP contribution >= 0.6 is 0 Å². The molecule has 0 N–H and O–H groups in total. The van der Waals surface area contributed by atoms with Gasteiger partial charge in [0.05, 0.1) is 26.3 Å². The van der Waals surface area contributed by atoms with Crippen LogP contribution in [0.2, 0.25) is 0 Å². The van der Waals surface area contributed by atoms with Crippen molar-refractivity contribution in [1.29, 1.82) is 0 Å². The molecule has 0 unspecified atom stereocenters. The fraction of sp³-hybridized carbons (Fsp3) is 0.182. The fourth-order valence-corrected chi connectivity index (χ4v) is 3.31. The van der Waals surface area contributed by atoms with Crippen molar-refractivity contribution in [2.24, 2.45) is 0 Å². The lowest BCUT2D eigenvalue weighted by molar-refractivity contribution is 0.393. The third kappa shape index (κ3) is 3.80. The standard InChI is InChI=1S/C22H20N4O4/c1-29-17-9-16(10-18(11-17)30-2)13-25-8-4-6-19-20(25)24-22(28)26(21(19)27)14-15-5-3-7-23-12-15/h3-12H,13-14H2,1-2H3. The first-order chi connectivity index (χ1) is 14.6. The Hall–Kier alpha value is -3.94. The summed E-state index contributed by atoms with van der Waals surface area (Å²) in [5.74, 6) is 1.64. The molecule has 8 nitrogen and oxygen atoms in total. The summed E-state index contributed by atoms with van der Waals surface area (Å²) in [4.78, 5) is 33.9. The Morgan fingerprint density at radius 1 is 0.933 bits per heavy atom. The van der Waals surface area contributed by atoms with Gasteiger partial charge in [0, 0.05) is 31.2 Å². The first kappa shape index (κ1) is 19.4. The molecule has 0 amide bonds. The molecule has 1 aromatic heterocycles. The number of pyridine rings is 2. The molecule has 152 valence electrons. The van der Waals surface area contributed by atoms with Crippen molar-refractivity contribution < 1.29 is 9.47 Å². The van der Waals surface area contributed by atoms with E-state index in [1.54, 1.807) is 61.6 Å². The SMILES string of the molecule is COc1cc(Cn2cccc3c(=O)n(Cc4cccnc4)c(=O)nc2-3)cc(OC)c1. The van der Waals surface area contributed by atoms with Crippen LogP contribution in [0.4, 0.5) is 0 Å². The second kappa shape index (κ2) is 8.20. The normalized spacial score (nSPS) is 10.9. The average molecular weight is 404 g/mol. The summed E-state index contributed by atoms with van der Waals surface area (Å²) in [5, 5.41) is 0. The van der Waals surface area contributed by atoms with Crippen LogP contribution in [0.1, 0.15) is 11.1 Å². The van der Waals surface area contributed by atoms with Gasteiger partial charge in [-0.05, 0) is 41.5 Å². The van der Waals surface area contributed by atoms with Gasteiger partial charge in [0.15, 0.2) is 5.82 Å². The highest BCUT2D eigenvalue weighted by atomic mass is 16.5. The van der Waals surface area contributed by atoms with Gasteiger partial charge in [0.1, 0.15) is 11.5 Å². The van der Waals surface area contributed by atoms with Gasteiger partial charge in [-0.2, -0.15) is 4.98 Å². The molecule has 0 bridgehead atoms. The number of hydrogen-bond acceptors (Lipinski definition) is 6. The minimum Gasteiger partial charge on any atom is -0.497 e. The number of fused-ring (bicyclic) bond motifs is 1. The van der Waals surface area contributed by atoms with E-state index in [9.17, 15) is 9.59 Å². The monoisotopic (exact) mass is 404 g/mol. The van der Waals surface area contributed by atoms with Crippen LogP contribution in [-0.4, -0.2) is 33.3 Å². The Labute approximate surface area is 172 Å². The van der Waals surface area contributed by atoms with Crippen molar-refractivity contribution in [2.75, 3.05) is 14.2 Å². The topological polar surface area (TPSA) is 88.2 Å². The predicted molar refractivity (Wildman–Crippen MR) is 111 cm³/mol. The summed E-state index contributed by atoms with van der Waals surface area (Å²) >= 11 is 0. The van der Waals surface area contributed by atoms with Crippen molar-refractivity contribution >= 4 is 0 Å². The maximum atomic E-state index is 13.0. The summed E-state index contributed by atoms with van der Waals surface area (Å²) in [7, 11) is 3.17.